The van der Waals surface area contributed by atoms with Crippen molar-refractivity contribution in [3.63, 3.8) is 0 Å². The van der Waals surface area contributed by atoms with Gasteiger partial charge in [0.2, 0.25) is 5.91 Å². The molecule has 0 saturated carbocycles. The van der Waals surface area contributed by atoms with E-state index in [-0.39, 0.29) is 5.91 Å². The summed E-state index contributed by atoms with van der Waals surface area (Å²) < 4.78 is 0. The minimum atomic E-state index is -0.436. The maximum absolute atomic E-state index is 11.6. The molecule has 1 rings (SSSR count). The lowest BCUT2D eigenvalue weighted by Gasteiger charge is -2.22. The number of carbonyl (C=O) groups excluding carboxylic acids is 1. The molecule has 0 aromatic heterocycles. The van der Waals surface area contributed by atoms with Crippen molar-refractivity contribution >= 4 is 29.3 Å². The fraction of sp³-hybridized carbons (Fsp3) is 0.889. The predicted octanol–water partition coefficient (Wildman–Crippen LogP) is 1.87. The Labute approximate surface area is 88.8 Å². The van der Waals surface area contributed by atoms with E-state index in [9.17, 15) is 4.79 Å². The topological polar surface area (TPSA) is 29.1 Å². The molecule has 0 bridgehead atoms. The zero-order chi connectivity index (χ0) is 9.90. The Balaban J connectivity index is 2.39. The highest BCUT2D eigenvalue weighted by molar-refractivity contribution is 7.99. The maximum atomic E-state index is 11.6. The summed E-state index contributed by atoms with van der Waals surface area (Å²) in [4.78, 5) is 11.6. The summed E-state index contributed by atoms with van der Waals surface area (Å²) in [5.74, 6) is 2.66. The van der Waals surface area contributed by atoms with E-state index in [0.717, 1.165) is 17.9 Å². The van der Waals surface area contributed by atoms with Crippen LogP contribution in [0.25, 0.3) is 0 Å². The number of hydrogen-bond acceptors (Lipinski definition) is 2. The number of rotatable bonds is 3. The molecular weight excluding hydrogens is 206 g/mol. The highest BCUT2D eigenvalue weighted by Crippen LogP contribution is 2.21. The monoisotopic (exact) mass is 221 g/mol. The van der Waals surface area contributed by atoms with Gasteiger partial charge in [0, 0.05) is 17.7 Å². The van der Waals surface area contributed by atoms with E-state index in [2.05, 4.69) is 5.32 Å². The molecule has 0 aromatic carbocycles. The van der Waals surface area contributed by atoms with E-state index in [1.165, 1.54) is 0 Å². The van der Waals surface area contributed by atoms with Gasteiger partial charge in [-0.2, -0.15) is 11.8 Å². The number of carbonyl (C=O) groups is 1. The van der Waals surface area contributed by atoms with Crippen LogP contribution in [-0.4, -0.2) is 29.3 Å². The molecule has 1 amide bonds. The molecule has 1 aliphatic heterocycles. The first kappa shape index (κ1) is 11.2. The Morgan fingerprint density at radius 3 is 2.85 bits per heavy atom. The van der Waals surface area contributed by atoms with Gasteiger partial charge in [-0.05, 0) is 26.0 Å². The van der Waals surface area contributed by atoms with Crippen LogP contribution in [0.3, 0.4) is 0 Å². The van der Waals surface area contributed by atoms with Crippen molar-refractivity contribution in [2.24, 2.45) is 5.41 Å². The molecule has 2 nitrogen and oxygen atoms in total. The number of alkyl halides is 1. The zero-order valence-electron chi connectivity index (χ0n) is 8.10. The molecule has 1 aliphatic rings. The lowest BCUT2D eigenvalue weighted by atomic mass is 9.95. The Bertz CT molecular complexity index is 190. The quantitative estimate of drug-likeness (QED) is 0.738. The average molecular weight is 222 g/mol. The summed E-state index contributed by atoms with van der Waals surface area (Å²) in [6.07, 6.45) is 1.09. The van der Waals surface area contributed by atoms with Crippen molar-refractivity contribution in [3.8, 4) is 0 Å². The molecule has 1 heterocycles. The highest BCUT2D eigenvalue weighted by atomic mass is 35.5. The van der Waals surface area contributed by atoms with Gasteiger partial charge in [0.15, 0.2) is 0 Å². The van der Waals surface area contributed by atoms with Gasteiger partial charge in [0.1, 0.15) is 0 Å². The van der Waals surface area contributed by atoms with E-state index in [0.29, 0.717) is 11.9 Å². The SMILES string of the molecule is CC(C)(CCl)C(=O)NC1CCSC1. The van der Waals surface area contributed by atoms with Gasteiger partial charge in [-0.15, -0.1) is 11.6 Å². The largest absolute Gasteiger partial charge is 0.352 e. The van der Waals surface area contributed by atoms with Crippen molar-refractivity contribution in [2.45, 2.75) is 26.3 Å². The van der Waals surface area contributed by atoms with Crippen molar-refractivity contribution in [1.82, 2.24) is 5.32 Å². The molecule has 1 N–H and O–H groups in total. The first-order chi connectivity index (χ1) is 6.06. The Kier molecular flexibility index (Phi) is 3.92. The molecule has 0 aromatic rings. The van der Waals surface area contributed by atoms with E-state index >= 15 is 0 Å². The molecular formula is C9H16ClNOS. The van der Waals surface area contributed by atoms with Crippen LogP contribution < -0.4 is 5.32 Å². The second-order valence-corrected chi connectivity index (χ2v) is 5.47. The third-order valence-corrected chi connectivity index (χ3v) is 4.04. The fourth-order valence-electron chi connectivity index (χ4n) is 1.09. The zero-order valence-corrected chi connectivity index (χ0v) is 9.67. The third-order valence-electron chi connectivity index (χ3n) is 2.21. The summed E-state index contributed by atoms with van der Waals surface area (Å²) in [6, 6.07) is 0.361. The van der Waals surface area contributed by atoms with Gasteiger partial charge in [-0.25, -0.2) is 0 Å². The Morgan fingerprint density at radius 1 is 1.69 bits per heavy atom. The summed E-state index contributed by atoms with van der Waals surface area (Å²) >= 11 is 7.60. The fourth-order valence-corrected chi connectivity index (χ4v) is 2.36. The van der Waals surface area contributed by atoms with Crippen LogP contribution in [0, 0.1) is 5.41 Å². The van der Waals surface area contributed by atoms with Crippen LogP contribution in [0.4, 0.5) is 0 Å². The van der Waals surface area contributed by atoms with Crippen LogP contribution in [0.15, 0.2) is 0 Å². The lowest BCUT2D eigenvalue weighted by Crippen LogP contribution is -2.43. The number of hydrogen-bond donors (Lipinski definition) is 1. The second kappa shape index (κ2) is 4.56. The molecule has 76 valence electrons. The second-order valence-electron chi connectivity index (χ2n) is 4.05. The molecule has 1 atom stereocenters. The normalized spacial score (nSPS) is 23.2. The van der Waals surface area contributed by atoms with Gasteiger partial charge in [-0.1, -0.05) is 0 Å². The summed E-state index contributed by atoms with van der Waals surface area (Å²) in [5.41, 5.74) is -0.436. The smallest absolute Gasteiger partial charge is 0.227 e. The first-order valence-electron chi connectivity index (χ1n) is 4.51. The van der Waals surface area contributed by atoms with Crippen LogP contribution >= 0.6 is 23.4 Å². The van der Waals surface area contributed by atoms with E-state index < -0.39 is 5.41 Å². The van der Waals surface area contributed by atoms with Crippen molar-refractivity contribution in [3.05, 3.63) is 0 Å². The molecule has 4 heteroatoms. The molecule has 13 heavy (non-hydrogen) atoms. The number of thioether (sulfide) groups is 1. The van der Waals surface area contributed by atoms with E-state index in [1.54, 1.807) is 0 Å². The summed E-state index contributed by atoms with van der Waals surface area (Å²) in [5, 5.41) is 3.03. The number of nitrogens with one attached hydrogen (secondary N) is 1. The minimum absolute atomic E-state index is 0.0787. The molecule has 1 unspecified atom stereocenters. The van der Waals surface area contributed by atoms with Gasteiger partial charge in [-0.3, -0.25) is 4.79 Å². The summed E-state index contributed by atoms with van der Waals surface area (Å²) in [6.45, 7) is 3.74. The molecule has 0 radical (unpaired) electrons. The van der Waals surface area contributed by atoms with Crippen molar-refractivity contribution in [2.75, 3.05) is 17.4 Å². The first-order valence-corrected chi connectivity index (χ1v) is 6.20. The highest BCUT2D eigenvalue weighted by Gasteiger charge is 2.29. The molecule has 0 spiro atoms. The molecule has 0 aliphatic carbocycles. The van der Waals surface area contributed by atoms with E-state index in [1.807, 2.05) is 25.6 Å². The maximum Gasteiger partial charge on any atom is 0.227 e. The minimum Gasteiger partial charge on any atom is -0.352 e. The van der Waals surface area contributed by atoms with Crippen molar-refractivity contribution in [1.29, 1.82) is 0 Å². The lowest BCUT2D eigenvalue weighted by molar-refractivity contribution is -0.128. The van der Waals surface area contributed by atoms with Gasteiger partial charge >= 0.3 is 0 Å². The van der Waals surface area contributed by atoms with Crippen LogP contribution in [0.2, 0.25) is 0 Å². The molecule has 1 saturated heterocycles. The summed E-state index contributed by atoms with van der Waals surface area (Å²) in [7, 11) is 0. The molecule has 1 fully saturated rings. The van der Waals surface area contributed by atoms with Crippen LogP contribution in [-0.2, 0) is 4.79 Å². The van der Waals surface area contributed by atoms with Crippen LogP contribution in [0.5, 0.6) is 0 Å². The average Bonchev–Trinajstić information content (AvgIpc) is 2.57. The Morgan fingerprint density at radius 2 is 2.38 bits per heavy atom. The number of amides is 1. The van der Waals surface area contributed by atoms with Crippen molar-refractivity contribution < 1.29 is 4.79 Å². The Hall–Kier alpha value is 0.110. The number of halogens is 1. The van der Waals surface area contributed by atoms with Gasteiger partial charge in [0.05, 0.1) is 5.41 Å². The van der Waals surface area contributed by atoms with E-state index in [4.69, 9.17) is 11.6 Å². The third kappa shape index (κ3) is 3.06. The standard InChI is InChI=1S/C9H16ClNOS/c1-9(2,6-10)8(12)11-7-3-4-13-5-7/h7H,3-6H2,1-2H3,(H,11,12). The van der Waals surface area contributed by atoms with Gasteiger partial charge in [0.25, 0.3) is 0 Å². The van der Waals surface area contributed by atoms with Crippen LogP contribution in [0.1, 0.15) is 20.3 Å². The van der Waals surface area contributed by atoms with Gasteiger partial charge < -0.3 is 5.32 Å². The predicted molar refractivity (Wildman–Crippen MR) is 58.4 cm³/mol.